The van der Waals surface area contributed by atoms with Crippen molar-refractivity contribution in [3.05, 3.63) is 52.8 Å². The van der Waals surface area contributed by atoms with Crippen LogP contribution in [0.3, 0.4) is 0 Å². The molecular weight excluding hydrogens is 279 g/mol. The molecule has 0 radical (unpaired) electrons. The largest absolute Gasteiger partial charge is 0.417 e. The van der Waals surface area contributed by atoms with Crippen LogP contribution in [0.15, 0.2) is 36.7 Å². The summed E-state index contributed by atoms with van der Waals surface area (Å²) >= 11 is 5.77. The maximum Gasteiger partial charge on any atom is 0.417 e. The Morgan fingerprint density at radius 3 is 2.53 bits per heavy atom. The predicted molar refractivity (Wildman–Crippen MR) is 65.1 cm³/mol. The summed E-state index contributed by atoms with van der Waals surface area (Å²) in [6.07, 6.45) is -1.92. The molecule has 0 aliphatic rings. The number of carbonyl (C=O) groups is 1. The molecule has 0 saturated carbocycles. The number of nitrogens with zero attached hydrogens (tertiary/aromatic N) is 1. The minimum Gasteiger partial charge on any atom is -0.298 e. The molecule has 0 aliphatic heterocycles. The Bertz CT molecular complexity index is 626. The Balaban J connectivity index is 2.72. The molecule has 0 N–H and O–H groups in total. The second kappa shape index (κ2) is 5.01. The first kappa shape index (κ1) is 13.5. The topological polar surface area (TPSA) is 30.0 Å². The van der Waals surface area contributed by atoms with Gasteiger partial charge in [0.25, 0.3) is 0 Å². The standard InChI is InChI=1S/C13H7ClF3NO/c14-9-2-1-8(7-19)10(5-9)11-6-18-4-3-12(11)13(15,16)17/h1-7H. The van der Waals surface area contributed by atoms with Crippen molar-refractivity contribution in [2.24, 2.45) is 0 Å². The lowest BCUT2D eigenvalue weighted by molar-refractivity contribution is -0.137. The summed E-state index contributed by atoms with van der Waals surface area (Å²) in [7, 11) is 0. The van der Waals surface area contributed by atoms with Gasteiger partial charge in [-0.05, 0) is 29.8 Å². The van der Waals surface area contributed by atoms with Crippen LogP contribution in [-0.2, 0) is 6.18 Å². The van der Waals surface area contributed by atoms with E-state index in [0.29, 0.717) is 6.29 Å². The molecule has 0 atom stereocenters. The second-order valence-electron chi connectivity index (χ2n) is 3.77. The highest BCUT2D eigenvalue weighted by molar-refractivity contribution is 6.31. The number of carbonyl (C=O) groups excluding carboxylic acids is 1. The first-order valence-corrected chi connectivity index (χ1v) is 5.57. The Morgan fingerprint density at radius 2 is 1.89 bits per heavy atom. The number of aldehydes is 1. The van der Waals surface area contributed by atoms with Crippen molar-refractivity contribution in [1.82, 2.24) is 4.98 Å². The van der Waals surface area contributed by atoms with E-state index in [1.54, 1.807) is 0 Å². The lowest BCUT2D eigenvalue weighted by Gasteiger charge is -2.13. The summed E-state index contributed by atoms with van der Waals surface area (Å²) in [5.41, 5.74) is -0.779. The molecule has 1 heterocycles. The predicted octanol–water partition coefficient (Wildman–Crippen LogP) is 4.23. The van der Waals surface area contributed by atoms with E-state index in [0.717, 1.165) is 18.5 Å². The summed E-state index contributed by atoms with van der Waals surface area (Å²) in [5.74, 6) is 0. The molecule has 2 nitrogen and oxygen atoms in total. The van der Waals surface area contributed by atoms with E-state index in [-0.39, 0.29) is 21.7 Å². The average molecular weight is 286 g/mol. The van der Waals surface area contributed by atoms with Crippen molar-refractivity contribution in [3.63, 3.8) is 0 Å². The van der Waals surface area contributed by atoms with Crippen molar-refractivity contribution >= 4 is 17.9 Å². The van der Waals surface area contributed by atoms with Crippen LogP contribution in [0.25, 0.3) is 11.1 Å². The number of hydrogen-bond donors (Lipinski definition) is 0. The molecule has 1 aromatic carbocycles. The van der Waals surface area contributed by atoms with Crippen LogP contribution >= 0.6 is 11.6 Å². The smallest absolute Gasteiger partial charge is 0.298 e. The number of benzene rings is 1. The van der Waals surface area contributed by atoms with Gasteiger partial charge in [0.2, 0.25) is 0 Å². The summed E-state index contributed by atoms with van der Waals surface area (Å²) in [5, 5.41) is 0.248. The fraction of sp³-hybridized carbons (Fsp3) is 0.0769. The Kier molecular flexibility index (Phi) is 3.57. The van der Waals surface area contributed by atoms with E-state index >= 15 is 0 Å². The maximum absolute atomic E-state index is 12.9. The quantitative estimate of drug-likeness (QED) is 0.773. The van der Waals surface area contributed by atoms with E-state index in [1.807, 2.05) is 0 Å². The highest BCUT2D eigenvalue weighted by Gasteiger charge is 2.34. The van der Waals surface area contributed by atoms with E-state index in [4.69, 9.17) is 11.6 Å². The fourth-order valence-corrected chi connectivity index (χ4v) is 1.89. The van der Waals surface area contributed by atoms with Gasteiger partial charge < -0.3 is 0 Å². The summed E-state index contributed by atoms with van der Waals surface area (Å²) < 4.78 is 38.8. The van der Waals surface area contributed by atoms with Gasteiger partial charge in [0.1, 0.15) is 0 Å². The van der Waals surface area contributed by atoms with Gasteiger partial charge in [-0.25, -0.2) is 0 Å². The van der Waals surface area contributed by atoms with Crippen molar-refractivity contribution in [3.8, 4) is 11.1 Å². The fourth-order valence-electron chi connectivity index (χ4n) is 1.72. The van der Waals surface area contributed by atoms with Crippen LogP contribution in [0, 0.1) is 0 Å². The molecule has 0 aliphatic carbocycles. The van der Waals surface area contributed by atoms with E-state index < -0.39 is 11.7 Å². The SMILES string of the molecule is O=Cc1ccc(Cl)cc1-c1cnccc1C(F)(F)F. The lowest BCUT2D eigenvalue weighted by Crippen LogP contribution is -2.08. The van der Waals surface area contributed by atoms with Gasteiger partial charge >= 0.3 is 6.18 Å². The summed E-state index contributed by atoms with van der Waals surface area (Å²) in [6.45, 7) is 0. The number of pyridine rings is 1. The van der Waals surface area contributed by atoms with Crippen LogP contribution in [0.2, 0.25) is 5.02 Å². The molecule has 6 heteroatoms. The van der Waals surface area contributed by atoms with Gasteiger partial charge in [0.05, 0.1) is 5.56 Å². The number of aromatic nitrogens is 1. The molecule has 2 rings (SSSR count). The molecule has 19 heavy (non-hydrogen) atoms. The molecule has 0 spiro atoms. The van der Waals surface area contributed by atoms with Crippen LogP contribution in [0.1, 0.15) is 15.9 Å². The minimum absolute atomic E-state index is 0.114. The number of hydrogen-bond acceptors (Lipinski definition) is 2. The lowest BCUT2D eigenvalue weighted by atomic mass is 9.97. The molecule has 98 valence electrons. The molecule has 0 saturated heterocycles. The van der Waals surface area contributed by atoms with Crippen molar-refractivity contribution in [2.45, 2.75) is 6.18 Å². The number of halogens is 4. The van der Waals surface area contributed by atoms with Gasteiger partial charge in [-0.2, -0.15) is 13.2 Å². The van der Waals surface area contributed by atoms with Crippen LogP contribution in [0.5, 0.6) is 0 Å². The van der Waals surface area contributed by atoms with Gasteiger partial charge in [0.15, 0.2) is 6.29 Å². The van der Waals surface area contributed by atoms with Gasteiger partial charge in [0, 0.05) is 28.5 Å². The van der Waals surface area contributed by atoms with E-state index in [1.165, 1.54) is 18.2 Å². The third kappa shape index (κ3) is 2.76. The van der Waals surface area contributed by atoms with Crippen LogP contribution in [-0.4, -0.2) is 11.3 Å². The zero-order chi connectivity index (χ0) is 14.0. The van der Waals surface area contributed by atoms with Crippen LogP contribution in [0.4, 0.5) is 13.2 Å². The molecule has 1 aromatic heterocycles. The van der Waals surface area contributed by atoms with Crippen molar-refractivity contribution < 1.29 is 18.0 Å². The zero-order valence-corrected chi connectivity index (χ0v) is 10.2. The number of alkyl halides is 3. The maximum atomic E-state index is 12.9. The van der Waals surface area contributed by atoms with Gasteiger partial charge in [-0.15, -0.1) is 0 Å². The highest BCUT2D eigenvalue weighted by Crippen LogP contribution is 2.38. The Labute approximate surface area is 111 Å². The van der Waals surface area contributed by atoms with E-state index in [2.05, 4.69) is 4.98 Å². The number of rotatable bonds is 2. The zero-order valence-electron chi connectivity index (χ0n) is 9.41. The molecule has 0 unspecified atom stereocenters. The first-order chi connectivity index (χ1) is 8.93. The van der Waals surface area contributed by atoms with E-state index in [9.17, 15) is 18.0 Å². The minimum atomic E-state index is -4.53. The third-order valence-corrected chi connectivity index (χ3v) is 2.79. The normalized spacial score (nSPS) is 11.4. The van der Waals surface area contributed by atoms with Crippen molar-refractivity contribution in [1.29, 1.82) is 0 Å². The molecule has 0 fully saturated rings. The van der Waals surface area contributed by atoms with Gasteiger partial charge in [-0.3, -0.25) is 9.78 Å². The first-order valence-electron chi connectivity index (χ1n) is 5.20. The summed E-state index contributed by atoms with van der Waals surface area (Å²) in [6, 6.07) is 5.00. The Hall–Kier alpha value is -1.88. The van der Waals surface area contributed by atoms with Crippen LogP contribution < -0.4 is 0 Å². The monoisotopic (exact) mass is 285 g/mol. The molecule has 2 aromatic rings. The molecule has 0 amide bonds. The third-order valence-electron chi connectivity index (χ3n) is 2.56. The average Bonchev–Trinajstić information content (AvgIpc) is 2.37. The summed E-state index contributed by atoms with van der Waals surface area (Å²) in [4.78, 5) is 14.6. The molecular formula is C13H7ClF3NO. The van der Waals surface area contributed by atoms with Gasteiger partial charge in [-0.1, -0.05) is 11.6 Å². The Morgan fingerprint density at radius 1 is 1.16 bits per heavy atom. The second-order valence-corrected chi connectivity index (χ2v) is 4.20. The highest BCUT2D eigenvalue weighted by atomic mass is 35.5. The van der Waals surface area contributed by atoms with Crippen molar-refractivity contribution in [2.75, 3.05) is 0 Å². The molecule has 0 bridgehead atoms.